The molecule has 0 spiro atoms. The van der Waals surface area contributed by atoms with E-state index in [1.165, 1.54) is 0 Å². The van der Waals surface area contributed by atoms with Gasteiger partial charge in [0.15, 0.2) is 0 Å². The molecule has 9 heavy (non-hydrogen) atoms. The monoisotopic (exact) mass is 207 g/mol. The van der Waals surface area contributed by atoms with Crippen molar-refractivity contribution in [1.29, 1.82) is 0 Å². The number of hydrogen-bond acceptors (Lipinski definition) is 1. The van der Waals surface area contributed by atoms with Gasteiger partial charge in [-0.3, -0.25) is 0 Å². The molecular weight excluding hydrogens is 191 g/mol. The van der Waals surface area contributed by atoms with Crippen LogP contribution in [-0.4, -0.2) is 24.8 Å². The summed E-state index contributed by atoms with van der Waals surface area (Å²) < 4.78 is 0. The van der Waals surface area contributed by atoms with E-state index < -0.39 is 5.60 Å². The van der Waals surface area contributed by atoms with E-state index in [0.29, 0.717) is 0 Å². The van der Waals surface area contributed by atoms with Crippen LogP contribution >= 0.6 is 0 Å². The maximum atomic E-state index is 8.52. The van der Waals surface area contributed by atoms with Gasteiger partial charge in [0.25, 0.3) is 0 Å². The molecule has 1 N–H and O–H groups in total. The van der Waals surface area contributed by atoms with E-state index in [-0.39, 0.29) is 32.7 Å². The van der Waals surface area contributed by atoms with Crippen molar-refractivity contribution in [2.45, 2.75) is 26.4 Å². The quantitative estimate of drug-likeness (QED) is 0.640. The van der Waals surface area contributed by atoms with Crippen LogP contribution in [0.3, 0.4) is 0 Å². The van der Waals surface area contributed by atoms with Crippen LogP contribution in [0.25, 0.3) is 5.32 Å². The maximum Gasteiger partial charge on any atom is 0.0563 e. The van der Waals surface area contributed by atoms with Gasteiger partial charge in [0.2, 0.25) is 0 Å². The van der Waals surface area contributed by atoms with Crippen LogP contribution in [0.2, 0.25) is 0 Å². The summed E-state index contributed by atoms with van der Waals surface area (Å²) in [5.74, 6) is 0. The summed E-state index contributed by atoms with van der Waals surface area (Å²) in [6.07, 6.45) is 0. The predicted molar refractivity (Wildman–Crippen MR) is 37.2 cm³/mol. The third kappa shape index (κ3) is 425. The Bertz CT molecular complexity index is 36.8. The molecule has 0 aromatic heterocycles. The number of nitrogens with zero attached hydrogens (tertiary/aromatic N) is 1. The Morgan fingerprint density at radius 3 is 1.11 bits per heavy atom. The van der Waals surface area contributed by atoms with Crippen molar-refractivity contribution >= 4 is 0 Å². The minimum atomic E-state index is -0.500. The van der Waals surface area contributed by atoms with E-state index in [1.807, 2.05) is 0 Å². The molecule has 0 atom stereocenters. The Balaban J connectivity index is -0.0000000800. The van der Waals surface area contributed by atoms with Gasteiger partial charge in [0, 0.05) is 32.7 Å². The van der Waals surface area contributed by atoms with Gasteiger partial charge >= 0.3 is 0 Å². The first-order valence-electron chi connectivity index (χ1n) is 2.62. The molecule has 0 aromatic carbocycles. The zero-order chi connectivity index (χ0) is 7.21. The topological polar surface area (TPSA) is 34.3 Å². The van der Waals surface area contributed by atoms with Crippen molar-refractivity contribution in [3.8, 4) is 0 Å². The second kappa shape index (κ2) is 9.02. The third-order valence-corrected chi connectivity index (χ3v) is 0. The molecule has 0 fully saturated rings. The van der Waals surface area contributed by atoms with Crippen molar-refractivity contribution in [2.75, 3.05) is 14.1 Å². The molecule has 0 aliphatic carbocycles. The van der Waals surface area contributed by atoms with Gasteiger partial charge < -0.3 is 10.4 Å². The SMILES string of the molecule is CC(C)(C)O.C[N-]C.[Y]. The maximum absolute atomic E-state index is 8.52. The number of rotatable bonds is 0. The van der Waals surface area contributed by atoms with Gasteiger partial charge in [-0.1, -0.05) is 0 Å². The van der Waals surface area contributed by atoms with Crippen LogP contribution in [0.4, 0.5) is 0 Å². The third-order valence-electron chi connectivity index (χ3n) is 0. The van der Waals surface area contributed by atoms with Crippen molar-refractivity contribution in [3.05, 3.63) is 5.32 Å². The average Bonchev–Trinajstić information content (AvgIpc) is 1.27. The Kier molecular flexibility index (Phi) is 16.6. The molecule has 0 aliphatic rings. The summed E-state index contributed by atoms with van der Waals surface area (Å²) in [4.78, 5) is 0. The van der Waals surface area contributed by atoms with Gasteiger partial charge in [0.1, 0.15) is 0 Å². The molecule has 1 radical (unpaired) electrons. The zero-order valence-corrected chi connectivity index (χ0v) is 9.81. The molecule has 0 aliphatic heterocycles. The summed E-state index contributed by atoms with van der Waals surface area (Å²) in [7, 11) is 3.50. The molecule has 55 valence electrons. The molecule has 0 heterocycles. The first-order valence-corrected chi connectivity index (χ1v) is 2.62. The fourth-order valence-corrected chi connectivity index (χ4v) is 0. The minimum Gasteiger partial charge on any atom is -0.668 e. The van der Waals surface area contributed by atoms with Gasteiger partial charge in [0.05, 0.1) is 5.60 Å². The summed E-state index contributed by atoms with van der Waals surface area (Å²) in [5.41, 5.74) is -0.500. The average molecular weight is 207 g/mol. The number of hydrogen-bond donors (Lipinski definition) is 1. The van der Waals surface area contributed by atoms with Crippen LogP contribution < -0.4 is 0 Å². The van der Waals surface area contributed by atoms with Gasteiger partial charge in [-0.25, -0.2) is 0 Å². The fourth-order valence-electron chi connectivity index (χ4n) is 0. The van der Waals surface area contributed by atoms with Crippen LogP contribution in [-0.2, 0) is 32.7 Å². The largest absolute Gasteiger partial charge is 0.668 e. The molecular formula is C6H16NOY-. The van der Waals surface area contributed by atoms with Crippen molar-refractivity contribution < 1.29 is 37.8 Å². The predicted octanol–water partition coefficient (Wildman–Crippen LogP) is 1.39. The Labute approximate surface area is 83.3 Å². The Morgan fingerprint density at radius 2 is 1.11 bits per heavy atom. The second-order valence-corrected chi connectivity index (χ2v) is 2.62. The molecule has 0 aromatic rings. The number of aliphatic hydroxyl groups is 1. The molecule has 0 amide bonds. The second-order valence-electron chi connectivity index (χ2n) is 2.62. The van der Waals surface area contributed by atoms with E-state index >= 15 is 0 Å². The smallest absolute Gasteiger partial charge is 0.0563 e. The van der Waals surface area contributed by atoms with E-state index in [1.54, 1.807) is 34.9 Å². The molecule has 0 saturated heterocycles. The van der Waals surface area contributed by atoms with Gasteiger partial charge in [-0.05, 0) is 20.8 Å². The minimum absolute atomic E-state index is 0. The molecule has 0 rings (SSSR count). The van der Waals surface area contributed by atoms with Crippen LogP contribution in [0.5, 0.6) is 0 Å². The summed E-state index contributed by atoms with van der Waals surface area (Å²) in [6.45, 7) is 5.23. The van der Waals surface area contributed by atoms with E-state index in [2.05, 4.69) is 5.32 Å². The van der Waals surface area contributed by atoms with Crippen LogP contribution in [0.1, 0.15) is 20.8 Å². The standard InChI is InChI=1S/C4H10O.C2H6N.Y/c1-4(2,3)5;1-3-2;/h5H,1-3H3;1-2H3;/q;-1;. The molecule has 3 heteroatoms. The summed E-state index contributed by atoms with van der Waals surface area (Å²) >= 11 is 0. The summed E-state index contributed by atoms with van der Waals surface area (Å²) in [6, 6.07) is 0. The first kappa shape index (κ1) is 16.5. The molecule has 0 bridgehead atoms. The van der Waals surface area contributed by atoms with E-state index in [0.717, 1.165) is 0 Å². The van der Waals surface area contributed by atoms with Crippen molar-refractivity contribution in [2.24, 2.45) is 0 Å². The Hall–Kier alpha value is 1.02. The normalized spacial score (nSPS) is 8.67. The first-order chi connectivity index (χ1) is 3.41. The van der Waals surface area contributed by atoms with Crippen LogP contribution in [0.15, 0.2) is 0 Å². The van der Waals surface area contributed by atoms with Gasteiger partial charge in [-0.15, -0.1) is 0 Å². The van der Waals surface area contributed by atoms with E-state index in [9.17, 15) is 0 Å². The zero-order valence-electron chi connectivity index (χ0n) is 6.97. The Morgan fingerprint density at radius 1 is 1.11 bits per heavy atom. The van der Waals surface area contributed by atoms with Crippen LogP contribution in [0, 0.1) is 0 Å². The van der Waals surface area contributed by atoms with Crippen molar-refractivity contribution in [3.63, 3.8) is 0 Å². The summed E-state index contributed by atoms with van der Waals surface area (Å²) in [5, 5.41) is 12.0. The molecule has 2 nitrogen and oxygen atoms in total. The van der Waals surface area contributed by atoms with E-state index in [4.69, 9.17) is 5.11 Å². The molecule has 0 saturated carbocycles. The molecule has 0 unspecified atom stereocenters. The fraction of sp³-hybridized carbons (Fsp3) is 1.00. The van der Waals surface area contributed by atoms with Crippen molar-refractivity contribution in [1.82, 2.24) is 0 Å². The van der Waals surface area contributed by atoms with Gasteiger partial charge in [-0.2, -0.15) is 14.1 Å².